The molecule has 1 saturated heterocycles. The first-order chi connectivity index (χ1) is 8.24. The third-order valence-electron chi connectivity index (χ3n) is 2.86. The molecule has 0 saturated carbocycles. The SMILES string of the molecule is CC(=O)Nc1cccc(CN2CCNCC2)c1.Cl.Cl. The van der Waals surface area contributed by atoms with Gasteiger partial charge in [0.1, 0.15) is 0 Å². The van der Waals surface area contributed by atoms with Crippen molar-refractivity contribution in [2.45, 2.75) is 13.5 Å². The maximum Gasteiger partial charge on any atom is 0.221 e. The molecule has 4 nitrogen and oxygen atoms in total. The van der Waals surface area contributed by atoms with Crippen LogP contribution < -0.4 is 10.6 Å². The third kappa shape index (κ3) is 6.25. The molecule has 1 amide bonds. The standard InChI is InChI=1S/C13H19N3O.2ClH/c1-11(17)15-13-4-2-3-12(9-13)10-16-7-5-14-6-8-16;;/h2-4,9,14H,5-8,10H2,1H3,(H,15,17);2*1H. The highest BCUT2D eigenvalue weighted by Crippen LogP contribution is 2.12. The van der Waals surface area contributed by atoms with Crippen molar-refractivity contribution in [3.05, 3.63) is 29.8 Å². The van der Waals surface area contributed by atoms with Gasteiger partial charge in [-0.25, -0.2) is 0 Å². The molecule has 0 aliphatic carbocycles. The monoisotopic (exact) mass is 305 g/mol. The molecule has 108 valence electrons. The van der Waals surface area contributed by atoms with Gasteiger partial charge in [0.15, 0.2) is 0 Å². The van der Waals surface area contributed by atoms with Crippen molar-refractivity contribution >= 4 is 36.4 Å². The molecule has 0 radical (unpaired) electrons. The quantitative estimate of drug-likeness (QED) is 0.896. The first kappa shape index (κ1) is 18.2. The van der Waals surface area contributed by atoms with Crippen molar-refractivity contribution in [2.75, 3.05) is 31.5 Å². The summed E-state index contributed by atoms with van der Waals surface area (Å²) in [5.74, 6) is -0.0238. The maximum atomic E-state index is 11.0. The van der Waals surface area contributed by atoms with E-state index >= 15 is 0 Å². The van der Waals surface area contributed by atoms with Crippen LogP contribution in [0.2, 0.25) is 0 Å². The molecule has 0 atom stereocenters. The zero-order valence-electron chi connectivity index (χ0n) is 11.0. The van der Waals surface area contributed by atoms with E-state index in [2.05, 4.69) is 21.6 Å². The molecule has 0 spiro atoms. The Bertz CT molecular complexity index is 395. The van der Waals surface area contributed by atoms with Crippen molar-refractivity contribution < 1.29 is 4.79 Å². The molecule has 1 aliphatic rings. The van der Waals surface area contributed by atoms with E-state index in [-0.39, 0.29) is 30.7 Å². The lowest BCUT2D eigenvalue weighted by atomic mass is 10.1. The lowest BCUT2D eigenvalue weighted by molar-refractivity contribution is -0.114. The second-order valence-electron chi connectivity index (χ2n) is 4.41. The average Bonchev–Trinajstić information content (AvgIpc) is 2.30. The minimum Gasteiger partial charge on any atom is -0.326 e. The fourth-order valence-electron chi connectivity index (χ4n) is 2.08. The van der Waals surface area contributed by atoms with Crippen LogP contribution in [0.1, 0.15) is 12.5 Å². The van der Waals surface area contributed by atoms with E-state index in [1.54, 1.807) is 0 Å². The molecule has 0 unspecified atom stereocenters. The molecule has 2 rings (SSSR count). The van der Waals surface area contributed by atoms with Gasteiger partial charge in [-0.05, 0) is 17.7 Å². The van der Waals surface area contributed by atoms with Crippen molar-refractivity contribution in [2.24, 2.45) is 0 Å². The van der Waals surface area contributed by atoms with E-state index in [1.165, 1.54) is 12.5 Å². The van der Waals surface area contributed by atoms with Crippen LogP contribution in [0.3, 0.4) is 0 Å². The van der Waals surface area contributed by atoms with Gasteiger partial charge in [0, 0.05) is 45.3 Å². The zero-order valence-corrected chi connectivity index (χ0v) is 12.6. The average molecular weight is 306 g/mol. The number of benzene rings is 1. The minimum absolute atomic E-state index is 0. The number of carbonyl (C=O) groups is 1. The van der Waals surface area contributed by atoms with E-state index < -0.39 is 0 Å². The lowest BCUT2D eigenvalue weighted by Crippen LogP contribution is -2.42. The largest absolute Gasteiger partial charge is 0.326 e. The minimum atomic E-state index is -0.0238. The molecule has 1 fully saturated rings. The van der Waals surface area contributed by atoms with Crippen molar-refractivity contribution in [3.8, 4) is 0 Å². The van der Waals surface area contributed by atoms with Gasteiger partial charge in [0.25, 0.3) is 0 Å². The van der Waals surface area contributed by atoms with Crippen molar-refractivity contribution in [1.29, 1.82) is 0 Å². The number of halogens is 2. The van der Waals surface area contributed by atoms with Gasteiger partial charge in [0.2, 0.25) is 5.91 Å². The smallest absolute Gasteiger partial charge is 0.221 e. The van der Waals surface area contributed by atoms with E-state index in [0.717, 1.165) is 38.4 Å². The second kappa shape index (κ2) is 9.15. The Morgan fingerprint density at radius 2 is 2.00 bits per heavy atom. The predicted octanol–water partition coefficient (Wildman–Crippen LogP) is 1.89. The number of nitrogens with one attached hydrogen (secondary N) is 2. The van der Waals surface area contributed by atoms with Crippen LogP contribution in [-0.4, -0.2) is 37.0 Å². The summed E-state index contributed by atoms with van der Waals surface area (Å²) in [4.78, 5) is 13.4. The van der Waals surface area contributed by atoms with Crippen LogP contribution in [0.25, 0.3) is 0 Å². The highest BCUT2D eigenvalue weighted by atomic mass is 35.5. The fourth-order valence-corrected chi connectivity index (χ4v) is 2.08. The Kier molecular flexibility index (Phi) is 8.76. The Balaban J connectivity index is 0.00000162. The van der Waals surface area contributed by atoms with E-state index in [9.17, 15) is 4.79 Å². The maximum absolute atomic E-state index is 11.0. The highest BCUT2D eigenvalue weighted by Gasteiger charge is 2.09. The molecule has 0 aromatic heterocycles. The van der Waals surface area contributed by atoms with Gasteiger partial charge in [0.05, 0.1) is 0 Å². The van der Waals surface area contributed by atoms with Crippen LogP contribution >= 0.6 is 24.8 Å². The van der Waals surface area contributed by atoms with Crippen LogP contribution in [0.15, 0.2) is 24.3 Å². The number of amides is 1. The van der Waals surface area contributed by atoms with Gasteiger partial charge >= 0.3 is 0 Å². The fraction of sp³-hybridized carbons (Fsp3) is 0.462. The van der Waals surface area contributed by atoms with Gasteiger partial charge in [-0.1, -0.05) is 12.1 Å². The molecule has 2 N–H and O–H groups in total. The molecule has 1 aromatic carbocycles. The Hall–Kier alpha value is -0.810. The van der Waals surface area contributed by atoms with Gasteiger partial charge in [-0.3, -0.25) is 9.69 Å². The Morgan fingerprint density at radius 1 is 1.32 bits per heavy atom. The molecular formula is C13H21Cl2N3O. The lowest BCUT2D eigenvalue weighted by Gasteiger charge is -2.27. The summed E-state index contributed by atoms with van der Waals surface area (Å²) in [6.07, 6.45) is 0. The number of hydrogen-bond acceptors (Lipinski definition) is 3. The Labute approximate surface area is 126 Å². The summed E-state index contributed by atoms with van der Waals surface area (Å²) >= 11 is 0. The summed E-state index contributed by atoms with van der Waals surface area (Å²) in [6.45, 7) is 6.78. The van der Waals surface area contributed by atoms with E-state index in [4.69, 9.17) is 0 Å². The van der Waals surface area contributed by atoms with Crippen molar-refractivity contribution in [1.82, 2.24) is 10.2 Å². The predicted molar refractivity (Wildman–Crippen MR) is 83.4 cm³/mol. The number of anilines is 1. The third-order valence-corrected chi connectivity index (χ3v) is 2.86. The van der Waals surface area contributed by atoms with E-state index in [1.807, 2.05) is 18.2 Å². The van der Waals surface area contributed by atoms with Crippen LogP contribution in [0.5, 0.6) is 0 Å². The van der Waals surface area contributed by atoms with Crippen molar-refractivity contribution in [3.63, 3.8) is 0 Å². The number of nitrogens with zero attached hydrogens (tertiary/aromatic N) is 1. The van der Waals surface area contributed by atoms with E-state index in [0.29, 0.717) is 0 Å². The molecule has 6 heteroatoms. The zero-order chi connectivity index (χ0) is 12.1. The number of piperazine rings is 1. The summed E-state index contributed by atoms with van der Waals surface area (Å²) < 4.78 is 0. The van der Waals surface area contributed by atoms with Gasteiger partial charge in [-0.15, -0.1) is 24.8 Å². The molecular weight excluding hydrogens is 285 g/mol. The molecule has 1 heterocycles. The summed E-state index contributed by atoms with van der Waals surface area (Å²) in [6, 6.07) is 8.06. The summed E-state index contributed by atoms with van der Waals surface area (Å²) in [5, 5.41) is 6.15. The first-order valence-electron chi connectivity index (χ1n) is 6.03. The first-order valence-corrected chi connectivity index (χ1v) is 6.03. The molecule has 1 aliphatic heterocycles. The number of rotatable bonds is 3. The molecule has 19 heavy (non-hydrogen) atoms. The van der Waals surface area contributed by atoms with Gasteiger partial charge in [-0.2, -0.15) is 0 Å². The van der Waals surface area contributed by atoms with Crippen LogP contribution in [0.4, 0.5) is 5.69 Å². The number of hydrogen-bond donors (Lipinski definition) is 2. The normalized spacial score (nSPS) is 15.0. The van der Waals surface area contributed by atoms with Crippen LogP contribution in [0, 0.1) is 0 Å². The Morgan fingerprint density at radius 3 is 2.63 bits per heavy atom. The highest BCUT2D eigenvalue weighted by molar-refractivity contribution is 5.88. The number of carbonyl (C=O) groups excluding carboxylic acids is 1. The summed E-state index contributed by atoms with van der Waals surface area (Å²) in [5.41, 5.74) is 2.13. The van der Waals surface area contributed by atoms with Gasteiger partial charge < -0.3 is 10.6 Å². The van der Waals surface area contributed by atoms with Crippen LogP contribution in [-0.2, 0) is 11.3 Å². The molecule has 0 bridgehead atoms. The molecule has 1 aromatic rings. The topological polar surface area (TPSA) is 44.4 Å². The second-order valence-corrected chi connectivity index (χ2v) is 4.41. The summed E-state index contributed by atoms with van der Waals surface area (Å²) in [7, 11) is 0.